The Kier molecular flexibility index (Phi) is 15.2. The molecule has 2 amide bonds. The summed E-state index contributed by atoms with van der Waals surface area (Å²) in [6.45, 7) is -0.137. The van der Waals surface area contributed by atoms with Crippen LogP contribution in [-0.2, 0) is 33.8 Å². The zero-order valence-electron chi connectivity index (χ0n) is 28.5. The zero-order valence-corrected chi connectivity index (χ0v) is 30.1. The Morgan fingerprint density at radius 1 is 0.709 bits per heavy atom. The highest BCUT2D eigenvalue weighted by Crippen LogP contribution is 2.29. The largest absolute Gasteiger partial charge is 0.460 e. The lowest BCUT2D eigenvalue weighted by Gasteiger charge is -2.06. The molecule has 0 unspecified atom stereocenters. The number of benzene rings is 3. The van der Waals surface area contributed by atoms with Crippen LogP contribution in [-0.4, -0.2) is 78.8 Å². The maximum absolute atomic E-state index is 12.7. The standard InChI is InChI=1S/C22H17F3N4O4.C14H13BrN4O3/c23-22(24,25)17-9-6-15(7-10-17)8-11-18-27-20(19(26)30)28-29(18)14-32-12-13-33-21(31)16-4-2-1-3-5-16;15-11-4-1-10(2-5-11)3-6-12-17-14(13(16)21)18-19(12)9-22-8-7-20/h1-7,9-10H,12-14H2,(H2,26,30);1-2,4-5,20H,7-9H2,(H2,16,21). The fourth-order valence-corrected chi connectivity index (χ4v) is 4.27. The van der Waals surface area contributed by atoms with Crippen molar-refractivity contribution in [3.05, 3.63) is 129 Å². The molecule has 0 aliphatic rings. The third-order valence-electron chi connectivity index (χ3n) is 6.61. The highest BCUT2D eigenvalue weighted by atomic mass is 79.9. The average molecular weight is 824 g/mol. The van der Waals surface area contributed by atoms with Gasteiger partial charge in [-0.25, -0.2) is 14.2 Å². The number of aromatic nitrogens is 6. The molecule has 19 heteroatoms. The van der Waals surface area contributed by atoms with E-state index >= 15 is 0 Å². The molecule has 5 N–H and O–H groups in total. The molecular formula is C36H30BrF3N8O7. The predicted octanol–water partition coefficient (Wildman–Crippen LogP) is 3.13. The van der Waals surface area contributed by atoms with Crippen molar-refractivity contribution >= 4 is 33.7 Å². The molecule has 0 radical (unpaired) electrons. The Morgan fingerprint density at radius 3 is 1.67 bits per heavy atom. The molecule has 0 spiro atoms. The molecule has 0 fully saturated rings. The number of ether oxygens (including phenoxy) is 3. The number of hydrogen-bond acceptors (Lipinski definition) is 11. The van der Waals surface area contributed by atoms with Gasteiger partial charge in [-0.15, -0.1) is 10.2 Å². The summed E-state index contributed by atoms with van der Waals surface area (Å²) in [5.74, 6) is 8.74. The number of primary amides is 2. The fraction of sp³-hybridized carbons (Fsp3) is 0.194. The van der Waals surface area contributed by atoms with Crippen molar-refractivity contribution in [2.24, 2.45) is 11.5 Å². The summed E-state index contributed by atoms with van der Waals surface area (Å²) >= 11 is 3.34. The second-order valence-corrected chi connectivity index (χ2v) is 11.5. The minimum atomic E-state index is -4.45. The maximum atomic E-state index is 12.7. The van der Waals surface area contributed by atoms with Gasteiger partial charge in [0.15, 0.2) is 0 Å². The second-order valence-electron chi connectivity index (χ2n) is 10.6. The smallest absolute Gasteiger partial charge is 0.416 e. The number of amides is 2. The normalized spacial score (nSPS) is 10.6. The third-order valence-corrected chi connectivity index (χ3v) is 7.14. The minimum Gasteiger partial charge on any atom is -0.460 e. The maximum Gasteiger partial charge on any atom is 0.416 e. The van der Waals surface area contributed by atoms with Gasteiger partial charge < -0.3 is 30.8 Å². The van der Waals surface area contributed by atoms with Crippen LogP contribution in [0.3, 0.4) is 0 Å². The molecule has 0 aliphatic heterocycles. The number of alkyl halides is 3. The summed E-state index contributed by atoms with van der Waals surface area (Å²) in [4.78, 5) is 42.3. The summed E-state index contributed by atoms with van der Waals surface area (Å²) < 4.78 is 57.1. The summed E-state index contributed by atoms with van der Waals surface area (Å²) in [6.07, 6.45) is -4.45. The Morgan fingerprint density at radius 2 is 1.20 bits per heavy atom. The van der Waals surface area contributed by atoms with E-state index in [1.165, 1.54) is 16.8 Å². The summed E-state index contributed by atoms with van der Waals surface area (Å²) in [6, 6.07) is 20.1. The van der Waals surface area contributed by atoms with E-state index in [0.29, 0.717) is 11.1 Å². The molecule has 3 aromatic carbocycles. The van der Waals surface area contributed by atoms with Gasteiger partial charge in [0.1, 0.15) is 20.1 Å². The monoisotopic (exact) mass is 822 g/mol. The van der Waals surface area contributed by atoms with Crippen molar-refractivity contribution in [3.8, 4) is 23.7 Å². The van der Waals surface area contributed by atoms with Crippen molar-refractivity contribution in [2.75, 3.05) is 26.4 Å². The molecule has 0 aliphatic carbocycles. The van der Waals surface area contributed by atoms with Gasteiger partial charge in [-0.05, 0) is 72.5 Å². The van der Waals surface area contributed by atoms with E-state index in [1.54, 1.807) is 30.3 Å². The van der Waals surface area contributed by atoms with Gasteiger partial charge in [-0.2, -0.15) is 23.1 Å². The molecule has 5 rings (SSSR count). The summed E-state index contributed by atoms with van der Waals surface area (Å²) in [7, 11) is 0. The molecule has 2 heterocycles. The number of carbonyl (C=O) groups excluding carboxylic acids is 3. The van der Waals surface area contributed by atoms with E-state index in [-0.39, 0.29) is 63.2 Å². The number of esters is 1. The first-order valence-corrected chi connectivity index (χ1v) is 16.6. The van der Waals surface area contributed by atoms with Crippen LogP contribution in [0.15, 0.2) is 83.3 Å². The van der Waals surface area contributed by atoms with Crippen LogP contribution in [0.4, 0.5) is 13.2 Å². The summed E-state index contributed by atoms with van der Waals surface area (Å²) in [5.41, 5.74) is 11.0. The molecule has 55 heavy (non-hydrogen) atoms. The number of nitrogens with zero attached hydrogens (tertiary/aromatic N) is 6. The van der Waals surface area contributed by atoms with Crippen LogP contribution >= 0.6 is 15.9 Å². The molecule has 0 atom stereocenters. The van der Waals surface area contributed by atoms with E-state index in [9.17, 15) is 27.6 Å². The van der Waals surface area contributed by atoms with Crippen LogP contribution in [0.1, 0.15) is 59.9 Å². The van der Waals surface area contributed by atoms with Gasteiger partial charge in [0.25, 0.3) is 11.8 Å². The van der Waals surface area contributed by atoms with Crippen molar-refractivity contribution < 1.29 is 46.9 Å². The van der Waals surface area contributed by atoms with Gasteiger partial charge in [-0.3, -0.25) is 9.59 Å². The van der Waals surface area contributed by atoms with Crippen molar-refractivity contribution in [1.82, 2.24) is 29.5 Å². The highest BCUT2D eigenvalue weighted by Gasteiger charge is 2.29. The van der Waals surface area contributed by atoms with Crippen LogP contribution in [0.5, 0.6) is 0 Å². The van der Waals surface area contributed by atoms with Crippen molar-refractivity contribution in [1.29, 1.82) is 0 Å². The molecule has 2 aromatic heterocycles. The molecule has 0 saturated carbocycles. The van der Waals surface area contributed by atoms with Gasteiger partial charge in [-0.1, -0.05) is 46.0 Å². The van der Waals surface area contributed by atoms with E-state index in [0.717, 1.165) is 26.9 Å². The quantitative estimate of drug-likeness (QED) is 0.0945. The number of halogens is 4. The van der Waals surface area contributed by atoms with Gasteiger partial charge in [0.05, 0.1) is 30.9 Å². The lowest BCUT2D eigenvalue weighted by atomic mass is 10.1. The number of carbonyl (C=O) groups is 3. The summed E-state index contributed by atoms with van der Waals surface area (Å²) in [5, 5.41) is 16.5. The van der Waals surface area contributed by atoms with Crippen LogP contribution in [0, 0.1) is 23.7 Å². The van der Waals surface area contributed by atoms with Crippen LogP contribution in [0.2, 0.25) is 0 Å². The highest BCUT2D eigenvalue weighted by molar-refractivity contribution is 9.10. The Hall–Kier alpha value is -6.38. The first-order valence-electron chi connectivity index (χ1n) is 15.8. The average Bonchev–Trinajstić information content (AvgIpc) is 3.78. The molecule has 15 nitrogen and oxygen atoms in total. The minimum absolute atomic E-state index is 0.0185. The van der Waals surface area contributed by atoms with E-state index in [1.807, 2.05) is 24.3 Å². The fourth-order valence-electron chi connectivity index (χ4n) is 4.01. The third kappa shape index (κ3) is 13.2. The predicted molar refractivity (Wildman–Crippen MR) is 190 cm³/mol. The lowest BCUT2D eigenvalue weighted by molar-refractivity contribution is -0.137. The van der Waals surface area contributed by atoms with Crippen molar-refractivity contribution in [3.63, 3.8) is 0 Å². The number of aliphatic hydroxyl groups excluding tert-OH is 1. The van der Waals surface area contributed by atoms with Gasteiger partial charge >= 0.3 is 12.1 Å². The first kappa shape index (κ1) is 41.4. The first-order chi connectivity index (χ1) is 26.3. The topological polar surface area (TPSA) is 213 Å². The molecule has 5 aromatic rings. The van der Waals surface area contributed by atoms with E-state index in [2.05, 4.69) is 59.8 Å². The Labute approximate surface area is 319 Å². The van der Waals surface area contributed by atoms with Crippen LogP contribution < -0.4 is 11.5 Å². The van der Waals surface area contributed by atoms with E-state index < -0.39 is 29.5 Å². The lowest BCUT2D eigenvalue weighted by Crippen LogP contribution is -2.15. The number of aliphatic hydroxyl groups is 1. The molecular weight excluding hydrogens is 793 g/mol. The Balaban J connectivity index is 0.000000265. The van der Waals surface area contributed by atoms with Gasteiger partial charge in [0.2, 0.25) is 23.3 Å². The van der Waals surface area contributed by atoms with Crippen molar-refractivity contribution in [2.45, 2.75) is 19.6 Å². The van der Waals surface area contributed by atoms with Crippen LogP contribution in [0.25, 0.3) is 0 Å². The number of rotatable bonds is 12. The van der Waals surface area contributed by atoms with Gasteiger partial charge in [0, 0.05) is 15.6 Å². The van der Waals surface area contributed by atoms with E-state index in [4.69, 9.17) is 30.8 Å². The molecule has 0 saturated heterocycles. The number of nitrogens with two attached hydrogens (primary N) is 2. The molecule has 0 bridgehead atoms. The Bertz CT molecular complexity index is 2210. The second kappa shape index (κ2) is 20.2. The number of hydrogen-bond donors (Lipinski definition) is 3. The zero-order chi connectivity index (χ0) is 39.8. The molecule has 284 valence electrons. The SMILES string of the molecule is NC(=O)c1nc(C#Cc2ccc(Br)cc2)n(COCCO)n1.NC(=O)c1nc(C#Cc2ccc(C(F)(F)F)cc2)n(COCCOC(=O)c2ccccc2)n1.